The van der Waals surface area contributed by atoms with Crippen LogP contribution in [0, 0.1) is 5.41 Å². The number of likely N-dealkylation sites (N-methyl/N-ethyl adjacent to an activating group) is 1. The Balaban J connectivity index is 2.79. The first-order valence-corrected chi connectivity index (χ1v) is 5.80. The predicted molar refractivity (Wildman–Crippen MR) is 67.2 cm³/mol. The van der Waals surface area contributed by atoms with Gasteiger partial charge in [0.2, 0.25) is 0 Å². The van der Waals surface area contributed by atoms with Crippen LogP contribution in [0.2, 0.25) is 0 Å². The molecule has 3 heteroatoms. The highest BCUT2D eigenvalue weighted by Gasteiger charge is 2.26. The van der Waals surface area contributed by atoms with Gasteiger partial charge in [0.15, 0.2) is 0 Å². The second-order valence-corrected chi connectivity index (χ2v) is 5.80. The zero-order valence-electron chi connectivity index (χ0n) is 11.0. The van der Waals surface area contributed by atoms with Crippen molar-refractivity contribution in [2.45, 2.75) is 39.8 Å². The van der Waals surface area contributed by atoms with Crippen LogP contribution in [0.1, 0.15) is 39.5 Å². The second kappa shape index (κ2) is 5.02. The molecule has 0 saturated heterocycles. The molecule has 0 amide bonds. The Bertz CT molecular complexity index is 298. The predicted octanol–water partition coefficient (Wildman–Crippen LogP) is 2.65. The number of hydrogen-bond donors (Lipinski definition) is 1. The van der Waals surface area contributed by atoms with E-state index in [1.165, 1.54) is 0 Å². The van der Waals surface area contributed by atoms with Gasteiger partial charge in [0.05, 0.1) is 12.3 Å². The Labute approximate surface area is 98.6 Å². The van der Waals surface area contributed by atoms with Gasteiger partial charge in [0.25, 0.3) is 0 Å². The number of hydrogen-bond acceptors (Lipinski definition) is 3. The van der Waals surface area contributed by atoms with Crippen molar-refractivity contribution in [2.24, 2.45) is 11.1 Å². The molecule has 2 N–H and O–H groups in total. The molecule has 0 aliphatic rings. The van der Waals surface area contributed by atoms with E-state index in [1.54, 1.807) is 6.26 Å². The van der Waals surface area contributed by atoms with Crippen molar-refractivity contribution in [3.8, 4) is 0 Å². The minimum atomic E-state index is 0.0542. The van der Waals surface area contributed by atoms with Crippen molar-refractivity contribution in [3.05, 3.63) is 24.2 Å². The normalized spacial score (nSPS) is 16.4. The third-order valence-electron chi connectivity index (χ3n) is 2.53. The van der Waals surface area contributed by atoms with Gasteiger partial charge in [-0.15, -0.1) is 0 Å². The standard InChI is InChI=1S/C13H24N2O/c1-10(14)12(11-7-6-8-16-11)15(5)9-13(2,3)4/h6-8,10,12H,9,14H2,1-5H3. The topological polar surface area (TPSA) is 42.4 Å². The van der Waals surface area contributed by atoms with Crippen LogP contribution >= 0.6 is 0 Å². The lowest BCUT2D eigenvalue weighted by Crippen LogP contribution is -2.40. The third-order valence-corrected chi connectivity index (χ3v) is 2.53. The van der Waals surface area contributed by atoms with Crippen LogP contribution in [0.4, 0.5) is 0 Å². The number of nitrogens with two attached hydrogens (primary N) is 1. The summed E-state index contributed by atoms with van der Waals surface area (Å²) < 4.78 is 5.47. The van der Waals surface area contributed by atoms with E-state index in [0.717, 1.165) is 12.3 Å². The van der Waals surface area contributed by atoms with Crippen molar-refractivity contribution in [2.75, 3.05) is 13.6 Å². The molecule has 0 aromatic carbocycles. The maximum absolute atomic E-state index is 6.05. The van der Waals surface area contributed by atoms with Crippen molar-refractivity contribution in [1.29, 1.82) is 0 Å². The van der Waals surface area contributed by atoms with Gasteiger partial charge in [-0.3, -0.25) is 4.90 Å². The summed E-state index contributed by atoms with van der Waals surface area (Å²) >= 11 is 0. The minimum Gasteiger partial charge on any atom is -0.468 e. The molecule has 0 aliphatic carbocycles. The molecular weight excluding hydrogens is 200 g/mol. The Kier molecular flexibility index (Phi) is 4.16. The molecule has 1 aromatic rings. The van der Waals surface area contributed by atoms with Crippen molar-refractivity contribution in [3.63, 3.8) is 0 Å². The fourth-order valence-corrected chi connectivity index (χ4v) is 2.18. The molecule has 0 fully saturated rings. The van der Waals surface area contributed by atoms with Gasteiger partial charge in [0, 0.05) is 12.6 Å². The molecule has 0 spiro atoms. The van der Waals surface area contributed by atoms with Crippen LogP contribution in [-0.4, -0.2) is 24.5 Å². The molecule has 1 aromatic heterocycles. The van der Waals surface area contributed by atoms with Gasteiger partial charge in [-0.05, 0) is 31.5 Å². The summed E-state index contributed by atoms with van der Waals surface area (Å²) in [5, 5.41) is 0. The highest BCUT2D eigenvalue weighted by molar-refractivity contribution is 5.07. The maximum Gasteiger partial charge on any atom is 0.122 e. The summed E-state index contributed by atoms with van der Waals surface area (Å²) in [6.07, 6.45) is 1.70. The molecule has 2 atom stereocenters. The van der Waals surface area contributed by atoms with Crippen molar-refractivity contribution < 1.29 is 4.42 Å². The van der Waals surface area contributed by atoms with Crippen LogP contribution in [0.3, 0.4) is 0 Å². The lowest BCUT2D eigenvalue weighted by atomic mass is 9.94. The summed E-state index contributed by atoms with van der Waals surface area (Å²) in [4.78, 5) is 2.27. The van der Waals surface area contributed by atoms with E-state index >= 15 is 0 Å². The summed E-state index contributed by atoms with van der Waals surface area (Å²) in [5.74, 6) is 0.946. The van der Waals surface area contributed by atoms with E-state index in [0.29, 0.717) is 0 Å². The van der Waals surface area contributed by atoms with E-state index in [4.69, 9.17) is 10.2 Å². The summed E-state index contributed by atoms with van der Waals surface area (Å²) in [6.45, 7) is 9.68. The first-order chi connectivity index (χ1) is 7.31. The lowest BCUT2D eigenvalue weighted by molar-refractivity contribution is 0.140. The smallest absolute Gasteiger partial charge is 0.122 e. The minimum absolute atomic E-state index is 0.0542. The van der Waals surface area contributed by atoms with E-state index < -0.39 is 0 Å². The first-order valence-electron chi connectivity index (χ1n) is 5.80. The highest BCUT2D eigenvalue weighted by atomic mass is 16.3. The van der Waals surface area contributed by atoms with E-state index in [1.807, 2.05) is 19.1 Å². The average molecular weight is 224 g/mol. The van der Waals surface area contributed by atoms with Gasteiger partial charge >= 0.3 is 0 Å². The number of rotatable bonds is 4. The molecule has 1 heterocycles. The molecule has 3 nitrogen and oxygen atoms in total. The monoisotopic (exact) mass is 224 g/mol. The average Bonchev–Trinajstić information content (AvgIpc) is 2.52. The molecule has 0 bridgehead atoms. The SMILES string of the molecule is CC(N)C(c1ccco1)N(C)CC(C)(C)C. The molecular formula is C13H24N2O. The molecule has 92 valence electrons. The molecule has 16 heavy (non-hydrogen) atoms. The number of furan rings is 1. The van der Waals surface area contributed by atoms with Gasteiger partial charge in [-0.1, -0.05) is 20.8 Å². The quantitative estimate of drug-likeness (QED) is 0.855. The molecule has 0 radical (unpaired) electrons. The van der Waals surface area contributed by atoms with Gasteiger partial charge in [0.1, 0.15) is 5.76 Å². The van der Waals surface area contributed by atoms with E-state index in [-0.39, 0.29) is 17.5 Å². The van der Waals surface area contributed by atoms with Crippen LogP contribution in [0.25, 0.3) is 0 Å². The van der Waals surface area contributed by atoms with Crippen LogP contribution in [0.15, 0.2) is 22.8 Å². The maximum atomic E-state index is 6.05. The van der Waals surface area contributed by atoms with E-state index in [9.17, 15) is 0 Å². The van der Waals surface area contributed by atoms with Gasteiger partial charge in [-0.25, -0.2) is 0 Å². The summed E-state index contributed by atoms with van der Waals surface area (Å²) in [5.41, 5.74) is 6.30. The second-order valence-electron chi connectivity index (χ2n) is 5.80. The zero-order chi connectivity index (χ0) is 12.3. The largest absolute Gasteiger partial charge is 0.468 e. The fourth-order valence-electron chi connectivity index (χ4n) is 2.18. The highest BCUT2D eigenvalue weighted by Crippen LogP contribution is 2.26. The third kappa shape index (κ3) is 3.65. The number of nitrogens with zero attached hydrogens (tertiary/aromatic N) is 1. The Morgan fingerprint density at radius 2 is 2.06 bits per heavy atom. The lowest BCUT2D eigenvalue weighted by Gasteiger charge is -2.34. The molecule has 2 unspecified atom stereocenters. The van der Waals surface area contributed by atoms with Crippen LogP contribution in [-0.2, 0) is 0 Å². The Morgan fingerprint density at radius 3 is 2.44 bits per heavy atom. The zero-order valence-corrected chi connectivity index (χ0v) is 11.0. The Morgan fingerprint density at radius 1 is 1.44 bits per heavy atom. The van der Waals surface area contributed by atoms with Crippen LogP contribution < -0.4 is 5.73 Å². The van der Waals surface area contributed by atoms with Crippen LogP contribution in [0.5, 0.6) is 0 Å². The molecule has 1 rings (SSSR count). The van der Waals surface area contributed by atoms with Crippen molar-refractivity contribution in [1.82, 2.24) is 4.90 Å². The molecule has 0 aliphatic heterocycles. The summed E-state index contributed by atoms with van der Waals surface area (Å²) in [6, 6.07) is 4.11. The summed E-state index contributed by atoms with van der Waals surface area (Å²) in [7, 11) is 2.10. The first kappa shape index (κ1) is 13.3. The van der Waals surface area contributed by atoms with Crippen molar-refractivity contribution >= 4 is 0 Å². The molecule has 0 saturated carbocycles. The van der Waals surface area contributed by atoms with E-state index in [2.05, 4.69) is 32.7 Å². The van der Waals surface area contributed by atoms with Gasteiger partial charge in [-0.2, -0.15) is 0 Å². The Hall–Kier alpha value is -0.800. The fraction of sp³-hybridized carbons (Fsp3) is 0.692. The van der Waals surface area contributed by atoms with Gasteiger partial charge < -0.3 is 10.2 Å².